The minimum absolute atomic E-state index is 0.0734. The highest BCUT2D eigenvalue weighted by Gasteiger charge is 2.09. The van der Waals surface area contributed by atoms with Gasteiger partial charge in [0.25, 0.3) is 0 Å². The molecule has 5 nitrogen and oxygen atoms in total. The minimum atomic E-state index is -0.654. The van der Waals surface area contributed by atoms with E-state index in [4.69, 9.17) is 27.6 Å². The Balaban J connectivity index is 2.41. The van der Waals surface area contributed by atoms with Gasteiger partial charge in [-0.2, -0.15) is 0 Å². The lowest BCUT2D eigenvalue weighted by Crippen LogP contribution is -2.14. The average molecular weight is 299 g/mol. The standard InChI is InChI=1S/C12H8Cl2N2O3/c1-6(17)16-9-2-3-10(19-12(9)18)7-4-8(13)11(14)15-5-7/h2-5H,1H3,(H,16,17). The SMILES string of the molecule is CC(=O)Nc1ccc(-c2cnc(Cl)c(Cl)c2)oc1=O. The third-order valence-corrected chi connectivity index (χ3v) is 2.90. The smallest absolute Gasteiger partial charge is 0.360 e. The fourth-order valence-electron chi connectivity index (χ4n) is 1.41. The molecular weight excluding hydrogens is 291 g/mol. The van der Waals surface area contributed by atoms with Crippen molar-refractivity contribution >= 4 is 34.8 Å². The van der Waals surface area contributed by atoms with E-state index in [2.05, 4.69) is 10.3 Å². The maximum absolute atomic E-state index is 11.6. The van der Waals surface area contributed by atoms with Crippen molar-refractivity contribution in [1.82, 2.24) is 4.98 Å². The van der Waals surface area contributed by atoms with Crippen molar-refractivity contribution < 1.29 is 9.21 Å². The van der Waals surface area contributed by atoms with Crippen LogP contribution >= 0.6 is 23.2 Å². The topological polar surface area (TPSA) is 72.2 Å². The molecule has 19 heavy (non-hydrogen) atoms. The van der Waals surface area contributed by atoms with E-state index in [1.165, 1.54) is 31.3 Å². The number of aromatic nitrogens is 1. The summed E-state index contributed by atoms with van der Waals surface area (Å²) in [5.74, 6) is -0.0681. The molecule has 1 N–H and O–H groups in total. The number of hydrogen-bond donors (Lipinski definition) is 1. The van der Waals surface area contributed by atoms with Gasteiger partial charge in [-0.3, -0.25) is 4.79 Å². The molecule has 0 unspecified atom stereocenters. The van der Waals surface area contributed by atoms with Crippen LogP contribution in [0, 0.1) is 0 Å². The predicted molar refractivity (Wildman–Crippen MR) is 72.5 cm³/mol. The van der Waals surface area contributed by atoms with Gasteiger partial charge in [-0.05, 0) is 18.2 Å². The summed E-state index contributed by atoms with van der Waals surface area (Å²) in [7, 11) is 0. The summed E-state index contributed by atoms with van der Waals surface area (Å²) < 4.78 is 5.08. The molecule has 1 amide bonds. The van der Waals surface area contributed by atoms with Gasteiger partial charge < -0.3 is 9.73 Å². The van der Waals surface area contributed by atoms with Gasteiger partial charge in [0.2, 0.25) is 5.91 Å². The van der Waals surface area contributed by atoms with Crippen molar-refractivity contribution in [2.75, 3.05) is 5.32 Å². The van der Waals surface area contributed by atoms with Crippen molar-refractivity contribution in [3.05, 3.63) is 45.0 Å². The first-order valence-corrected chi connectivity index (χ1v) is 5.96. The Kier molecular flexibility index (Phi) is 3.87. The fraction of sp³-hybridized carbons (Fsp3) is 0.0833. The average Bonchev–Trinajstić information content (AvgIpc) is 2.35. The number of anilines is 1. The second kappa shape index (κ2) is 5.42. The molecule has 0 saturated carbocycles. The summed E-state index contributed by atoms with van der Waals surface area (Å²) >= 11 is 11.5. The van der Waals surface area contributed by atoms with E-state index in [0.717, 1.165) is 0 Å². The summed E-state index contributed by atoms with van der Waals surface area (Å²) in [4.78, 5) is 26.4. The van der Waals surface area contributed by atoms with Gasteiger partial charge in [-0.25, -0.2) is 9.78 Å². The Bertz CT molecular complexity index is 698. The highest BCUT2D eigenvalue weighted by Crippen LogP contribution is 2.26. The number of nitrogens with one attached hydrogen (secondary N) is 1. The van der Waals surface area contributed by atoms with E-state index in [9.17, 15) is 9.59 Å². The van der Waals surface area contributed by atoms with Crippen molar-refractivity contribution in [2.24, 2.45) is 0 Å². The first kappa shape index (κ1) is 13.6. The number of halogens is 2. The quantitative estimate of drug-likeness (QED) is 0.865. The number of nitrogens with zero attached hydrogens (tertiary/aromatic N) is 1. The molecular formula is C12H8Cl2N2O3. The fourth-order valence-corrected chi connectivity index (χ4v) is 1.68. The van der Waals surface area contributed by atoms with Crippen LogP contribution in [0.15, 0.2) is 33.6 Å². The maximum atomic E-state index is 11.6. The zero-order chi connectivity index (χ0) is 14.0. The first-order chi connectivity index (χ1) is 8.97. The third-order valence-electron chi connectivity index (χ3n) is 2.22. The van der Waals surface area contributed by atoms with Crippen molar-refractivity contribution in [3.8, 4) is 11.3 Å². The van der Waals surface area contributed by atoms with Gasteiger partial charge in [-0.1, -0.05) is 23.2 Å². The molecule has 0 saturated heterocycles. The summed E-state index contributed by atoms with van der Waals surface area (Å²) in [6, 6.07) is 4.52. The van der Waals surface area contributed by atoms with Gasteiger partial charge in [-0.15, -0.1) is 0 Å². The van der Waals surface area contributed by atoms with Gasteiger partial charge in [0.05, 0.1) is 5.02 Å². The monoisotopic (exact) mass is 298 g/mol. The maximum Gasteiger partial charge on any atom is 0.360 e. The van der Waals surface area contributed by atoms with Crippen LogP contribution in [0.3, 0.4) is 0 Å². The second-order valence-corrected chi connectivity index (χ2v) is 4.44. The minimum Gasteiger partial charge on any atom is -0.421 e. The van der Waals surface area contributed by atoms with Crippen LogP contribution in [0.5, 0.6) is 0 Å². The molecule has 0 spiro atoms. The molecule has 0 aliphatic carbocycles. The molecule has 2 heterocycles. The molecule has 98 valence electrons. The van der Waals surface area contributed by atoms with Crippen LogP contribution in [-0.2, 0) is 4.79 Å². The number of pyridine rings is 1. The van der Waals surface area contributed by atoms with E-state index in [1.54, 1.807) is 0 Å². The number of carbonyl (C=O) groups is 1. The number of hydrogen-bond acceptors (Lipinski definition) is 4. The second-order valence-electron chi connectivity index (χ2n) is 3.68. The molecule has 0 fully saturated rings. The Morgan fingerprint density at radius 3 is 2.68 bits per heavy atom. The van der Waals surface area contributed by atoms with Gasteiger partial charge in [0.1, 0.15) is 16.6 Å². The van der Waals surface area contributed by atoms with Crippen LogP contribution in [0.4, 0.5) is 5.69 Å². The molecule has 0 atom stereocenters. The van der Waals surface area contributed by atoms with Crippen molar-refractivity contribution in [3.63, 3.8) is 0 Å². The van der Waals surface area contributed by atoms with Gasteiger partial charge in [0, 0.05) is 18.7 Å². The van der Waals surface area contributed by atoms with Crippen LogP contribution < -0.4 is 10.9 Å². The molecule has 0 aliphatic rings. The van der Waals surface area contributed by atoms with Crippen LogP contribution in [0.2, 0.25) is 10.2 Å². The lowest BCUT2D eigenvalue weighted by atomic mass is 10.2. The van der Waals surface area contributed by atoms with Gasteiger partial charge in [0.15, 0.2) is 0 Å². The van der Waals surface area contributed by atoms with Crippen LogP contribution in [0.1, 0.15) is 6.92 Å². The van der Waals surface area contributed by atoms with E-state index >= 15 is 0 Å². The lowest BCUT2D eigenvalue weighted by molar-refractivity contribution is -0.114. The summed E-state index contributed by atoms with van der Waals surface area (Å²) in [5.41, 5.74) is -0.0658. The van der Waals surface area contributed by atoms with E-state index in [0.29, 0.717) is 5.56 Å². The normalized spacial score (nSPS) is 10.3. The first-order valence-electron chi connectivity index (χ1n) is 5.20. The van der Waals surface area contributed by atoms with E-state index < -0.39 is 5.63 Å². The molecule has 0 radical (unpaired) electrons. The number of rotatable bonds is 2. The molecule has 0 aliphatic heterocycles. The highest BCUT2D eigenvalue weighted by atomic mass is 35.5. The summed E-state index contributed by atoms with van der Waals surface area (Å²) in [6.07, 6.45) is 1.44. The number of amides is 1. The zero-order valence-corrected chi connectivity index (χ0v) is 11.2. The molecule has 2 aromatic heterocycles. The van der Waals surface area contributed by atoms with Crippen molar-refractivity contribution in [1.29, 1.82) is 0 Å². The Hall–Kier alpha value is -1.85. The lowest BCUT2D eigenvalue weighted by Gasteiger charge is -2.03. The summed E-state index contributed by atoms with van der Waals surface area (Å²) in [5, 5.41) is 2.79. The van der Waals surface area contributed by atoms with E-state index in [1.807, 2.05) is 0 Å². The van der Waals surface area contributed by atoms with Crippen LogP contribution in [0.25, 0.3) is 11.3 Å². The summed E-state index contributed by atoms with van der Waals surface area (Å²) in [6.45, 7) is 1.30. The largest absolute Gasteiger partial charge is 0.421 e. The Labute approximate surface area is 118 Å². The van der Waals surface area contributed by atoms with E-state index in [-0.39, 0.29) is 27.5 Å². The predicted octanol–water partition coefficient (Wildman–Crippen LogP) is 2.97. The number of carbonyl (C=O) groups excluding carboxylic acids is 1. The molecule has 2 rings (SSSR count). The highest BCUT2D eigenvalue weighted by molar-refractivity contribution is 6.41. The zero-order valence-electron chi connectivity index (χ0n) is 9.74. The third kappa shape index (κ3) is 3.13. The van der Waals surface area contributed by atoms with Crippen LogP contribution in [-0.4, -0.2) is 10.9 Å². The molecule has 2 aromatic rings. The molecule has 0 bridgehead atoms. The Morgan fingerprint density at radius 2 is 2.11 bits per heavy atom. The van der Waals surface area contributed by atoms with Crippen molar-refractivity contribution in [2.45, 2.75) is 6.92 Å². The molecule has 7 heteroatoms. The van der Waals surface area contributed by atoms with Gasteiger partial charge >= 0.3 is 5.63 Å². The Morgan fingerprint density at radius 1 is 1.37 bits per heavy atom. The molecule has 0 aromatic carbocycles.